The molecule has 2 N–H and O–H groups in total. The van der Waals surface area contributed by atoms with Crippen molar-refractivity contribution in [3.63, 3.8) is 0 Å². The molecular formula is C24H29N5O2. The predicted octanol–water partition coefficient (Wildman–Crippen LogP) is 3.24. The van der Waals surface area contributed by atoms with Gasteiger partial charge in [0.2, 0.25) is 0 Å². The van der Waals surface area contributed by atoms with Gasteiger partial charge in [-0.05, 0) is 48.4 Å². The molecule has 0 spiro atoms. The number of nitrogens with one attached hydrogen (secondary N) is 2. The minimum Gasteiger partial charge on any atom is -0.497 e. The van der Waals surface area contributed by atoms with E-state index in [0.717, 1.165) is 61.3 Å². The SMILES string of the molecule is COc1ccc(CN=C(NCCc2ccco2)NC2CCN(c3ccccn3)C2)cc1. The summed E-state index contributed by atoms with van der Waals surface area (Å²) in [6, 6.07) is 18.3. The average Bonchev–Trinajstić information content (AvgIpc) is 3.51. The van der Waals surface area contributed by atoms with Crippen LogP contribution in [-0.2, 0) is 13.0 Å². The quantitative estimate of drug-likeness (QED) is 0.431. The number of anilines is 1. The van der Waals surface area contributed by atoms with Crippen molar-refractivity contribution >= 4 is 11.8 Å². The molecular weight excluding hydrogens is 390 g/mol. The van der Waals surface area contributed by atoms with Crippen LogP contribution in [-0.4, -0.2) is 43.7 Å². The molecule has 4 rings (SSSR count). The molecule has 7 heteroatoms. The van der Waals surface area contributed by atoms with Gasteiger partial charge < -0.3 is 24.7 Å². The Hall–Kier alpha value is -3.48. The first-order valence-corrected chi connectivity index (χ1v) is 10.7. The molecule has 162 valence electrons. The lowest BCUT2D eigenvalue weighted by Crippen LogP contribution is -2.45. The summed E-state index contributed by atoms with van der Waals surface area (Å²) < 4.78 is 10.7. The number of aromatic nitrogens is 1. The lowest BCUT2D eigenvalue weighted by molar-refractivity contribution is 0.414. The number of methoxy groups -OCH3 is 1. The Morgan fingerprint density at radius 2 is 2.10 bits per heavy atom. The number of benzene rings is 1. The molecule has 31 heavy (non-hydrogen) atoms. The highest BCUT2D eigenvalue weighted by molar-refractivity contribution is 5.80. The third-order valence-corrected chi connectivity index (χ3v) is 5.33. The highest BCUT2D eigenvalue weighted by Crippen LogP contribution is 2.17. The van der Waals surface area contributed by atoms with E-state index >= 15 is 0 Å². The number of pyridine rings is 1. The number of ether oxygens (including phenoxy) is 1. The number of hydrogen-bond donors (Lipinski definition) is 2. The molecule has 3 aromatic rings. The number of aliphatic imine (C=N–C) groups is 1. The van der Waals surface area contributed by atoms with E-state index in [2.05, 4.69) is 26.6 Å². The molecule has 1 aliphatic heterocycles. The Bertz CT molecular complexity index is 942. The van der Waals surface area contributed by atoms with E-state index in [0.29, 0.717) is 12.6 Å². The first kappa shape index (κ1) is 20.8. The molecule has 1 saturated heterocycles. The largest absolute Gasteiger partial charge is 0.497 e. The summed E-state index contributed by atoms with van der Waals surface area (Å²) in [6.07, 6.45) is 5.39. The van der Waals surface area contributed by atoms with E-state index < -0.39 is 0 Å². The molecule has 0 amide bonds. The fourth-order valence-electron chi connectivity index (χ4n) is 3.63. The number of nitrogens with zero attached hydrogens (tertiary/aromatic N) is 3. The van der Waals surface area contributed by atoms with Gasteiger partial charge >= 0.3 is 0 Å². The summed E-state index contributed by atoms with van der Waals surface area (Å²) in [7, 11) is 1.67. The fourth-order valence-corrected chi connectivity index (χ4v) is 3.63. The Labute approximate surface area is 183 Å². The van der Waals surface area contributed by atoms with E-state index in [1.165, 1.54) is 0 Å². The van der Waals surface area contributed by atoms with Crippen molar-refractivity contribution in [2.45, 2.75) is 25.4 Å². The van der Waals surface area contributed by atoms with Crippen LogP contribution in [0.2, 0.25) is 0 Å². The highest BCUT2D eigenvalue weighted by atomic mass is 16.5. The van der Waals surface area contributed by atoms with Gasteiger partial charge in [0.05, 0.1) is 19.9 Å². The summed E-state index contributed by atoms with van der Waals surface area (Å²) in [6.45, 7) is 3.22. The molecule has 1 fully saturated rings. The van der Waals surface area contributed by atoms with Crippen LogP contribution in [0, 0.1) is 0 Å². The molecule has 0 aliphatic carbocycles. The maximum Gasteiger partial charge on any atom is 0.191 e. The van der Waals surface area contributed by atoms with Crippen LogP contribution in [0.25, 0.3) is 0 Å². The van der Waals surface area contributed by atoms with E-state index in [9.17, 15) is 0 Å². The average molecular weight is 420 g/mol. The summed E-state index contributed by atoms with van der Waals surface area (Å²) in [5.41, 5.74) is 1.13. The van der Waals surface area contributed by atoms with Gasteiger partial charge in [0, 0.05) is 38.3 Å². The third kappa shape index (κ3) is 6.01. The van der Waals surface area contributed by atoms with Crippen LogP contribution >= 0.6 is 0 Å². The molecule has 1 atom stereocenters. The van der Waals surface area contributed by atoms with Gasteiger partial charge in [-0.2, -0.15) is 0 Å². The maximum absolute atomic E-state index is 5.44. The predicted molar refractivity (Wildman–Crippen MR) is 123 cm³/mol. The number of guanidine groups is 1. The fraction of sp³-hybridized carbons (Fsp3) is 0.333. The van der Waals surface area contributed by atoms with Crippen LogP contribution < -0.4 is 20.3 Å². The van der Waals surface area contributed by atoms with Crippen LogP contribution in [0.1, 0.15) is 17.7 Å². The zero-order chi connectivity index (χ0) is 21.3. The second kappa shape index (κ2) is 10.5. The lowest BCUT2D eigenvalue weighted by Gasteiger charge is -2.20. The minimum absolute atomic E-state index is 0.313. The van der Waals surface area contributed by atoms with Gasteiger partial charge in [-0.25, -0.2) is 9.98 Å². The zero-order valence-electron chi connectivity index (χ0n) is 17.8. The van der Waals surface area contributed by atoms with Crippen LogP contribution in [0.15, 0.2) is 76.5 Å². The molecule has 2 aromatic heterocycles. The monoisotopic (exact) mass is 419 g/mol. The topological polar surface area (TPSA) is 74.9 Å². The van der Waals surface area contributed by atoms with Crippen LogP contribution in [0.4, 0.5) is 5.82 Å². The molecule has 1 aliphatic rings. The van der Waals surface area contributed by atoms with Crippen molar-refractivity contribution in [1.29, 1.82) is 0 Å². The maximum atomic E-state index is 5.44. The Morgan fingerprint density at radius 1 is 1.19 bits per heavy atom. The van der Waals surface area contributed by atoms with E-state index in [1.807, 2.05) is 54.7 Å². The van der Waals surface area contributed by atoms with Gasteiger partial charge in [-0.3, -0.25) is 0 Å². The van der Waals surface area contributed by atoms with Crippen LogP contribution in [0.5, 0.6) is 5.75 Å². The molecule has 0 bridgehead atoms. The molecule has 0 radical (unpaired) electrons. The lowest BCUT2D eigenvalue weighted by atomic mass is 10.2. The highest BCUT2D eigenvalue weighted by Gasteiger charge is 2.24. The molecule has 0 saturated carbocycles. The Kier molecular flexibility index (Phi) is 7.05. The normalized spacial score (nSPS) is 16.4. The summed E-state index contributed by atoms with van der Waals surface area (Å²) in [5, 5.41) is 7.06. The summed E-state index contributed by atoms with van der Waals surface area (Å²) >= 11 is 0. The molecule has 1 aromatic carbocycles. The number of furan rings is 1. The van der Waals surface area contributed by atoms with Gasteiger partial charge in [0.25, 0.3) is 0 Å². The van der Waals surface area contributed by atoms with E-state index in [4.69, 9.17) is 14.1 Å². The van der Waals surface area contributed by atoms with Crippen molar-refractivity contribution in [2.75, 3.05) is 31.6 Å². The van der Waals surface area contributed by atoms with Gasteiger partial charge in [-0.15, -0.1) is 0 Å². The standard InChI is InChI=1S/C24H29N5O2/c1-30-21-9-7-19(8-10-21)17-27-24(26-14-11-22-5-4-16-31-22)28-20-12-15-29(18-20)23-6-2-3-13-25-23/h2-10,13,16,20H,11-12,14-15,17-18H2,1H3,(H2,26,27,28). The number of rotatable bonds is 8. The first-order valence-electron chi connectivity index (χ1n) is 10.7. The second-order valence-corrected chi connectivity index (χ2v) is 7.53. The molecule has 1 unspecified atom stereocenters. The summed E-state index contributed by atoms with van der Waals surface area (Å²) in [5.74, 6) is 3.65. The molecule has 3 heterocycles. The first-order chi connectivity index (χ1) is 15.3. The van der Waals surface area contributed by atoms with Gasteiger partial charge in [0.1, 0.15) is 17.3 Å². The van der Waals surface area contributed by atoms with Crippen LogP contribution in [0.3, 0.4) is 0 Å². The Morgan fingerprint density at radius 3 is 2.84 bits per heavy atom. The third-order valence-electron chi connectivity index (χ3n) is 5.33. The zero-order valence-corrected chi connectivity index (χ0v) is 17.8. The Balaban J connectivity index is 1.37. The minimum atomic E-state index is 0.313. The van der Waals surface area contributed by atoms with Crippen molar-refractivity contribution in [1.82, 2.24) is 15.6 Å². The van der Waals surface area contributed by atoms with Gasteiger partial charge in [-0.1, -0.05) is 18.2 Å². The second-order valence-electron chi connectivity index (χ2n) is 7.53. The van der Waals surface area contributed by atoms with E-state index in [1.54, 1.807) is 13.4 Å². The van der Waals surface area contributed by atoms with Crippen molar-refractivity contribution < 1.29 is 9.15 Å². The summed E-state index contributed by atoms with van der Waals surface area (Å²) in [4.78, 5) is 11.6. The molecule has 7 nitrogen and oxygen atoms in total. The number of hydrogen-bond acceptors (Lipinski definition) is 5. The van der Waals surface area contributed by atoms with Crippen molar-refractivity contribution in [3.05, 3.63) is 78.4 Å². The van der Waals surface area contributed by atoms with E-state index in [-0.39, 0.29) is 0 Å². The van der Waals surface area contributed by atoms with Gasteiger partial charge in [0.15, 0.2) is 5.96 Å². The van der Waals surface area contributed by atoms with Crippen molar-refractivity contribution in [3.8, 4) is 5.75 Å². The smallest absolute Gasteiger partial charge is 0.191 e. The van der Waals surface area contributed by atoms with Crippen molar-refractivity contribution in [2.24, 2.45) is 4.99 Å².